The van der Waals surface area contributed by atoms with Gasteiger partial charge in [0, 0.05) is 0 Å². The summed E-state index contributed by atoms with van der Waals surface area (Å²) >= 11 is 0. The minimum atomic E-state index is 0.548. The standard InChI is InChI=1S/C11H24/c1-5-6-7-8-9-10-11(2,3)4/h5-10H2,1-4H3. The Morgan fingerprint density at radius 2 is 1.36 bits per heavy atom. The molecule has 0 spiro atoms. The van der Waals surface area contributed by atoms with Gasteiger partial charge in [-0.25, -0.2) is 0 Å². The van der Waals surface area contributed by atoms with E-state index in [1.807, 2.05) is 0 Å². The topological polar surface area (TPSA) is 0 Å². The maximum Gasteiger partial charge on any atom is -0.0383 e. The van der Waals surface area contributed by atoms with Gasteiger partial charge in [-0.05, 0) is 11.8 Å². The molecule has 0 nitrogen and oxygen atoms in total. The normalized spacial score (nSPS) is 12.0. The Morgan fingerprint density at radius 3 is 1.82 bits per heavy atom. The Kier molecular flexibility index (Phi) is 5.62. The van der Waals surface area contributed by atoms with E-state index in [2.05, 4.69) is 27.7 Å². The zero-order valence-electron chi connectivity index (χ0n) is 8.74. The summed E-state index contributed by atoms with van der Waals surface area (Å²) in [6, 6.07) is 0. The molecule has 0 saturated carbocycles. The summed E-state index contributed by atoms with van der Waals surface area (Å²) in [5.41, 5.74) is 0.548. The average Bonchev–Trinajstić information content (AvgIpc) is 1.85. The fourth-order valence-electron chi connectivity index (χ4n) is 1.26. The van der Waals surface area contributed by atoms with Crippen molar-refractivity contribution in [1.82, 2.24) is 0 Å². The van der Waals surface area contributed by atoms with E-state index >= 15 is 0 Å². The second-order valence-electron chi connectivity index (χ2n) is 4.72. The molecular formula is C11H24. The van der Waals surface area contributed by atoms with E-state index in [1.54, 1.807) is 0 Å². The van der Waals surface area contributed by atoms with Crippen molar-refractivity contribution in [3.8, 4) is 0 Å². The molecule has 0 rings (SSSR count). The molecule has 0 fully saturated rings. The lowest BCUT2D eigenvalue weighted by Gasteiger charge is -2.17. The van der Waals surface area contributed by atoms with E-state index in [4.69, 9.17) is 0 Å². The average molecular weight is 156 g/mol. The molecule has 0 aromatic carbocycles. The first kappa shape index (κ1) is 11.0. The van der Waals surface area contributed by atoms with Crippen molar-refractivity contribution in [1.29, 1.82) is 0 Å². The molecule has 0 aliphatic heterocycles. The van der Waals surface area contributed by atoms with Crippen LogP contribution in [0.2, 0.25) is 0 Å². The Morgan fingerprint density at radius 1 is 0.818 bits per heavy atom. The van der Waals surface area contributed by atoms with Gasteiger partial charge in [0.2, 0.25) is 0 Å². The van der Waals surface area contributed by atoms with Crippen molar-refractivity contribution < 1.29 is 0 Å². The van der Waals surface area contributed by atoms with Gasteiger partial charge >= 0.3 is 0 Å². The second kappa shape index (κ2) is 5.62. The molecule has 0 radical (unpaired) electrons. The van der Waals surface area contributed by atoms with Crippen molar-refractivity contribution in [3.63, 3.8) is 0 Å². The first-order chi connectivity index (χ1) is 5.06. The molecule has 0 N–H and O–H groups in total. The third-order valence-corrected chi connectivity index (χ3v) is 2.03. The third-order valence-electron chi connectivity index (χ3n) is 2.03. The molecule has 0 heterocycles. The van der Waals surface area contributed by atoms with E-state index in [1.165, 1.54) is 38.5 Å². The summed E-state index contributed by atoms with van der Waals surface area (Å²) in [4.78, 5) is 0. The summed E-state index contributed by atoms with van der Waals surface area (Å²) in [5, 5.41) is 0. The van der Waals surface area contributed by atoms with Gasteiger partial charge in [-0.1, -0.05) is 59.8 Å². The molecule has 0 aliphatic carbocycles. The van der Waals surface area contributed by atoms with Crippen LogP contribution in [-0.4, -0.2) is 0 Å². The quantitative estimate of drug-likeness (QED) is 0.518. The van der Waals surface area contributed by atoms with Crippen molar-refractivity contribution in [2.75, 3.05) is 0 Å². The van der Waals surface area contributed by atoms with Crippen LogP contribution < -0.4 is 0 Å². The first-order valence-electron chi connectivity index (χ1n) is 5.06. The maximum atomic E-state index is 2.33. The van der Waals surface area contributed by atoms with E-state index in [-0.39, 0.29) is 0 Å². The fraction of sp³-hybridized carbons (Fsp3) is 1.00. The molecule has 0 unspecified atom stereocenters. The second-order valence-corrected chi connectivity index (χ2v) is 4.72. The smallest absolute Gasteiger partial charge is 0.0383 e. The van der Waals surface area contributed by atoms with Crippen LogP contribution in [0, 0.1) is 5.41 Å². The summed E-state index contributed by atoms with van der Waals surface area (Å²) in [6.45, 7) is 9.25. The van der Waals surface area contributed by atoms with Crippen LogP contribution >= 0.6 is 0 Å². The zero-order valence-corrected chi connectivity index (χ0v) is 8.74. The Hall–Kier alpha value is 0. The lowest BCUT2D eigenvalue weighted by molar-refractivity contribution is 0.357. The summed E-state index contributed by atoms with van der Waals surface area (Å²) in [6.07, 6.45) is 8.46. The molecule has 0 bridgehead atoms. The number of hydrogen-bond acceptors (Lipinski definition) is 0. The SMILES string of the molecule is CCCCCCCC(C)(C)C. The lowest BCUT2D eigenvalue weighted by atomic mass is 9.89. The Balaban J connectivity index is 3.02. The van der Waals surface area contributed by atoms with E-state index < -0.39 is 0 Å². The van der Waals surface area contributed by atoms with Crippen LogP contribution in [0.25, 0.3) is 0 Å². The van der Waals surface area contributed by atoms with Crippen LogP contribution in [-0.2, 0) is 0 Å². The van der Waals surface area contributed by atoms with Gasteiger partial charge in [-0.15, -0.1) is 0 Å². The van der Waals surface area contributed by atoms with E-state index in [9.17, 15) is 0 Å². The third kappa shape index (κ3) is 10.0. The van der Waals surface area contributed by atoms with Gasteiger partial charge in [0.05, 0.1) is 0 Å². The monoisotopic (exact) mass is 156 g/mol. The van der Waals surface area contributed by atoms with Gasteiger partial charge in [-0.2, -0.15) is 0 Å². The van der Waals surface area contributed by atoms with Gasteiger partial charge in [0.15, 0.2) is 0 Å². The van der Waals surface area contributed by atoms with Crippen molar-refractivity contribution in [2.24, 2.45) is 5.41 Å². The molecule has 11 heavy (non-hydrogen) atoms. The molecule has 0 aromatic rings. The first-order valence-corrected chi connectivity index (χ1v) is 5.06. The minimum absolute atomic E-state index is 0.548. The molecular weight excluding hydrogens is 132 g/mol. The van der Waals surface area contributed by atoms with Gasteiger partial charge < -0.3 is 0 Å². The maximum absolute atomic E-state index is 2.33. The van der Waals surface area contributed by atoms with E-state index in [0.717, 1.165) is 0 Å². The van der Waals surface area contributed by atoms with Gasteiger partial charge in [0.25, 0.3) is 0 Å². The van der Waals surface area contributed by atoms with Crippen molar-refractivity contribution in [3.05, 3.63) is 0 Å². The summed E-state index contributed by atoms with van der Waals surface area (Å²) in [7, 11) is 0. The van der Waals surface area contributed by atoms with Crippen molar-refractivity contribution >= 4 is 0 Å². The highest BCUT2D eigenvalue weighted by Crippen LogP contribution is 2.22. The highest BCUT2D eigenvalue weighted by Gasteiger charge is 2.08. The predicted octanol–water partition coefficient (Wildman–Crippen LogP) is 4.39. The number of hydrogen-bond donors (Lipinski definition) is 0. The molecule has 0 heteroatoms. The Bertz CT molecular complexity index is 76.5. The van der Waals surface area contributed by atoms with Crippen LogP contribution in [0.4, 0.5) is 0 Å². The minimum Gasteiger partial charge on any atom is -0.0654 e. The molecule has 0 amide bonds. The van der Waals surface area contributed by atoms with Crippen LogP contribution in [0.3, 0.4) is 0 Å². The zero-order chi connectivity index (χ0) is 8.74. The largest absolute Gasteiger partial charge is 0.0654 e. The molecule has 68 valence electrons. The number of unbranched alkanes of at least 4 members (excludes halogenated alkanes) is 4. The van der Waals surface area contributed by atoms with Crippen LogP contribution in [0.5, 0.6) is 0 Å². The van der Waals surface area contributed by atoms with Gasteiger partial charge in [-0.3, -0.25) is 0 Å². The molecule has 0 aromatic heterocycles. The number of rotatable bonds is 5. The van der Waals surface area contributed by atoms with Crippen molar-refractivity contribution in [2.45, 2.75) is 66.2 Å². The van der Waals surface area contributed by atoms with Crippen LogP contribution in [0.15, 0.2) is 0 Å². The lowest BCUT2D eigenvalue weighted by Crippen LogP contribution is -2.03. The highest BCUT2D eigenvalue weighted by molar-refractivity contribution is 4.60. The summed E-state index contributed by atoms with van der Waals surface area (Å²) < 4.78 is 0. The molecule has 0 atom stereocenters. The molecule has 0 saturated heterocycles. The Labute approximate surface area is 72.4 Å². The predicted molar refractivity (Wildman–Crippen MR) is 52.8 cm³/mol. The summed E-state index contributed by atoms with van der Waals surface area (Å²) in [5.74, 6) is 0. The van der Waals surface area contributed by atoms with Crippen LogP contribution in [0.1, 0.15) is 66.2 Å². The molecule has 0 aliphatic rings. The van der Waals surface area contributed by atoms with Gasteiger partial charge in [0.1, 0.15) is 0 Å². The highest BCUT2D eigenvalue weighted by atomic mass is 14.1. The van der Waals surface area contributed by atoms with E-state index in [0.29, 0.717) is 5.41 Å². The fourth-order valence-corrected chi connectivity index (χ4v) is 1.26.